The smallest absolute Gasteiger partial charge is 0.224 e. The Morgan fingerprint density at radius 2 is 2.35 bits per heavy atom. The summed E-state index contributed by atoms with van der Waals surface area (Å²) in [5.74, 6) is 0.619. The normalized spacial score (nSPS) is 16.8. The Morgan fingerprint density at radius 3 is 3.00 bits per heavy atom. The average Bonchev–Trinajstić information content (AvgIpc) is 3.09. The van der Waals surface area contributed by atoms with Gasteiger partial charge in [-0.1, -0.05) is 0 Å². The lowest BCUT2D eigenvalue weighted by molar-refractivity contribution is 0.175. The second-order valence-electron chi connectivity index (χ2n) is 4.54. The largest absolute Gasteiger partial charge is 0.394 e. The van der Waals surface area contributed by atoms with E-state index in [1.807, 2.05) is 0 Å². The Bertz CT molecular complexity index is 395. The molecule has 1 saturated carbocycles. The first kappa shape index (κ1) is 12.4. The number of aromatic nitrogens is 2. The van der Waals surface area contributed by atoms with Crippen molar-refractivity contribution in [2.24, 2.45) is 5.41 Å². The zero-order valence-corrected chi connectivity index (χ0v) is 10.6. The minimum atomic E-state index is 0.212. The molecule has 0 bridgehead atoms. The van der Waals surface area contributed by atoms with Gasteiger partial charge in [0.15, 0.2) is 5.82 Å². The molecule has 0 spiro atoms. The van der Waals surface area contributed by atoms with Gasteiger partial charge < -0.3 is 15.8 Å². The van der Waals surface area contributed by atoms with Crippen molar-refractivity contribution in [1.29, 1.82) is 0 Å². The first-order valence-corrected chi connectivity index (χ1v) is 6.04. The highest BCUT2D eigenvalue weighted by molar-refractivity contribution is 6.28. The third kappa shape index (κ3) is 3.20. The Labute approximate surface area is 106 Å². The molecule has 1 aliphatic carbocycles. The Morgan fingerprint density at radius 1 is 1.59 bits per heavy atom. The van der Waals surface area contributed by atoms with E-state index in [0.717, 1.165) is 19.6 Å². The van der Waals surface area contributed by atoms with Crippen molar-refractivity contribution in [1.82, 2.24) is 9.97 Å². The molecule has 0 radical (unpaired) electrons. The van der Waals surface area contributed by atoms with Crippen LogP contribution in [0, 0.1) is 5.41 Å². The van der Waals surface area contributed by atoms with Crippen LogP contribution in [0.15, 0.2) is 6.20 Å². The van der Waals surface area contributed by atoms with Crippen LogP contribution < -0.4 is 11.1 Å². The van der Waals surface area contributed by atoms with Crippen LogP contribution in [0.1, 0.15) is 19.3 Å². The SMILES string of the molecule is COCCC1(CNc2nc(Cl)ncc2N)CC1. The fourth-order valence-electron chi connectivity index (χ4n) is 1.79. The first-order valence-electron chi connectivity index (χ1n) is 5.66. The quantitative estimate of drug-likeness (QED) is 0.761. The molecule has 1 aromatic rings. The van der Waals surface area contributed by atoms with Gasteiger partial charge in [0.1, 0.15) is 0 Å². The summed E-state index contributed by atoms with van der Waals surface area (Å²) in [5, 5.41) is 3.46. The van der Waals surface area contributed by atoms with E-state index in [4.69, 9.17) is 22.1 Å². The molecule has 6 heteroatoms. The molecular formula is C11H17ClN4O. The molecule has 0 atom stereocenters. The van der Waals surface area contributed by atoms with Gasteiger partial charge in [0.2, 0.25) is 5.28 Å². The number of methoxy groups -OCH3 is 1. The predicted octanol–water partition coefficient (Wildman–Crippen LogP) is 1.94. The molecule has 1 fully saturated rings. The molecule has 5 nitrogen and oxygen atoms in total. The van der Waals surface area contributed by atoms with Crippen LogP contribution in [-0.2, 0) is 4.74 Å². The summed E-state index contributed by atoms with van der Waals surface area (Å²) in [6.45, 7) is 1.65. The third-order valence-corrected chi connectivity index (χ3v) is 3.39. The second kappa shape index (κ2) is 5.06. The van der Waals surface area contributed by atoms with Crippen LogP contribution in [0.4, 0.5) is 11.5 Å². The molecule has 0 unspecified atom stereocenters. The maximum Gasteiger partial charge on any atom is 0.224 e. The number of nitrogens with two attached hydrogens (primary N) is 1. The molecule has 0 saturated heterocycles. The number of hydrogen-bond donors (Lipinski definition) is 2. The summed E-state index contributed by atoms with van der Waals surface area (Å²) in [4.78, 5) is 7.89. The molecule has 0 aromatic carbocycles. The van der Waals surface area contributed by atoms with Gasteiger partial charge in [0.25, 0.3) is 0 Å². The molecule has 94 valence electrons. The monoisotopic (exact) mass is 256 g/mol. The van der Waals surface area contributed by atoms with Crippen LogP contribution in [0.2, 0.25) is 5.28 Å². The Balaban J connectivity index is 1.91. The van der Waals surface area contributed by atoms with Crippen molar-refractivity contribution in [3.63, 3.8) is 0 Å². The van der Waals surface area contributed by atoms with Gasteiger partial charge in [-0.2, -0.15) is 4.98 Å². The number of nitrogen functional groups attached to an aromatic ring is 1. The molecular weight excluding hydrogens is 240 g/mol. The van der Waals surface area contributed by atoms with E-state index in [-0.39, 0.29) is 5.28 Å². The molecule has 1 aliphatic rings. The fraction of sp³-hybridized carbons (Fsp3) is 0.636. The van der Waals surface area contributed by atoms with Crippen molar-refractivity contribution in [2.75, 3.05) is 31.3 Å². The first-order chi connectivity index (χ1) is 8.15. The highest BCUT2D eigenvalue weighted by Crippen LogP contribution is 2.48. The number of nitrogens with zero attached hydrogens (tertiary/aromatic N) is 2. The summed E-state index contributed by atoms with van der Waals surface area (Å²) in [7, 11) is 1.73. The molecule has 2 rings (SSSR count). The number of anilines is 2. The number of halogens is 1. The third-order valence-electron chi connectivity index (χ3n) is 3.21. The van der Waals surface area contributed by atoms with Crippen molar-refractivity contribution < 1.29 is 4.74 Å². The van der Waals surface area contributed by atoms with Crippen LogP contribution in [0.3, 0.4) is 0 Å². The second-order valence-corrected chi connectivity index (χ2v) is 4.88. The molecule has 0 amide bonds. The van der Waals surface area contributed by atoms with Crippen LogP contribution in [0.5, 0.6) is 0 Å². The summed E-state index contributed by atoms with van der Waals surface area (Å²) in [5.41, 5.74) is 6.64. The van der Waals surface area contributed by atoms with E-state index < -0.39 is 0 Å². The van der Waals surface area contributed by atoms with E-state index in [0.29, 0.717) is 16.9 Å². The predicted molar refractivity (Wildman–Crippen MR) is 68.1 cm³/mol. The van der Waals surface area contributed by atoms with Gasteiger partial charge in [-0.15, -0.1) is 0 Å². The van der Waals surface area contributed by atoms with Gasteiger partial charge in [-0.25, -0.2) is 4.98 Å². The summed E-state index contributed by atoms with van der Waals surface area (Å²) in [6.07, 6.45) is 5.03. The van der Waals surface area contributed by atoms with Gasteiger partial charge in [0, 0.05) is 20.3 Å². The van der Waals surface area contributed by atoms with Crippen LogP contribution >= 0.6 is 11.6 Å². The van der Waals surface area contributed by atoms with Crippen LogP contribution in [-0.4, -0.2) is 30.2 Å². The Kier molecular flexibility index (Phi) is 3.69. The van der Waals surface area contributed by atoms with E-state index in [1.165, 1.54) is 19.0 Å². The minimum absolute atomic E-state index is 0.212. The highest BCUT2D eigenvalue weighted by Gasteiger charge is 2.41. The zero-order valence-electron chi connectivity index (χ0n) is 9.87. The lowest BCUT2D eigenvalue weighted by Gasteiger charge is -2.16. The van der Waals surface area contributed by atoms with Crippen molar-refractivity contribution in [3.8, 4) is 0 Å². The van der Waals surface area contributed by atoms with Crippen molar-refractivity contribution in [3.05, 3.63) is 11.5 Å². The molecule has 1 heterocycles. The number of rotatable bonds is 6. The number of ether oxygens (including phenoxy) is 1. The maximum absolute atomic E-state index is 5.77. The van der Waals surface area contributed by atoms with E-state index in [9.17, 15) is 0 Å². The van der Waals surface area contributed by atoms with Gasteiger partial charge in [0.05, 0.1) is 11.9 Å². The summed E-state index contributed by atoms with van der Waals surface area (Å²) >= 11 is 5.73. The number of hydrogen-bond acceptors (Lipinski definition) is 5. The Hall–Kier alpha value is -1.07. The summed E-state index contributed by atoms with van der Waals surface area (Å²) < 4.78 is 5.11. The van der Waals surface area contributed by atoms with E-state index >= 15 is 0 Å². The molecule has 17 heavy (non-hydrogen) atoms. The van der Waals surface area contributed by atoms with E-state index in [1.54, 1.807) is 7.11 Å². The molecule has 3 N–H and O–H groups in total. The van der Waals surface area contributed by atoms with Crippen molar-refractivity contribution in [2.45, 2.75) is 19.3 Å². The highest BCUT2D eigenvalue weighted by atomic mass is 35.5. The van der Waals surface area contributed by atoms with Gasteiger partial charge in [-0.3, -0.25) is 0 Å². The molecule has 0 aliphatic heterocycles. The zero-order chi connectivity index (χ0) is 12.3. The summed E-state index contributed by atoms with van der Waals surface area (Å²) in [6, 6.07) is 0. The lowest BCUT2D eigenvalue weighted by Crippen LogP contribution is -2.18. The maximum atomic E-state index is 5.77. The van der Waals surface area contributed by atoms with Gasteiger partial charge >= 0.3 is 0 Å². The minimum Gasteiger partial charge on any atom is -0.394 e. The average molecular weight is 257 g/mol. The van der Waals surface area contributed by atoms with Gasteiger partial charge in [-0.05, 0) is 36.3 Å². The lowest BCUT2D eigenvalue weighted by atomic mass is 10.0. The van der Waals surface area contributed by atoms with Crippen molar-refractivity contribution >= 4 is 23.1 Å². The topological polar surface area (TPSA) is 73.1 Å². The number of nitrogens with one attached hydrogen (secondary N) is 1. The standard InChI is InChI=1S/C11H17ClN4O/c1-17-5-4-11(2-3-11)7-15-9-8(13)6-14-10(12)16-9/h6H,2-5,7,13H2,1H3,(H,14,15,16). The van der Waals surface area contributed by atoms with E-state index in [2.05, 4.69) is 15.3 Å². The molecule has 1 aromatic heterocycles. The van der Waals surface area contributed by atoms with Crippen LogP contribution in [0.25, 0.3) is 0 Å². The fourth-order valence-corrected chi connectivity index (χ4v) is 1.93.